The highest BCUT2D eigenvalue weighted by atomic mass is 31.1. The normalized spacial score (nSPS) is 11.7. The molecule has 0 heterocycles. The smallest absolute Gasteiger partial charge is 0.0326 e. The van der Waals surface area contributed by atoms with E-state index >= 15 is 0 Å². The maximum atomic E-state index is 2.32. The Kier molecular flexibility index (Phi) is 34.9. The Labute approximate surface area is 239 Å². The lowest BCUT2D eigenvalue weighted by molar-refractivity contribution is 0.560. The average molecular weight is 539 g/mol. The summed E-state index contributed by atoms with van der Waals surface area (Å²) in [5.74, 6) is 0. The van der Waals surface area contributed by atoms with Gasteiger partial charge in [0.1, 0.15) is 0 Å². The van der Waals surface area contributed by atoms with E-state index in [9.17, 15) is 0 Å². The first-order valence-electron chi connectivity index (χ1n) is 18.1. The van der Waals surface area contributed by atoms with Gasteiger partial charge in [0.15, 0.2) is 0 Å². The third-order valence-corrected chi connectivity index (χ3v) is 11.3. The van der Waals surface area contributed by atoms with E-state index in [-0.39, 0.29) is 0 Å². The molecule has 224 valence electrons. The molecule has 0 aromatic heterocycles. The summed E-state index contributed by atoms with van der Waals surface area (Å²) >= 11 is 0. The molecule has 0 aliphatic carbocycles. The fourth-order valence-electron chi connectivity index (χ4n) is 5.80. The summed E-state index contributed by atoms with van der Waals surface area (Å²) in [7, 11) is 0.336. The quantitative estimate of drug-likeness (QED) is 0.0575. The van der Waals surface area contributed by atoms with Crippen molar-refractivity contribution in [1.29, 1.82) is 0 Å². The molecule has 0 amide bonds. The van der Waals surface area contributed by atoms with E-state index in [0.29, 0.717) is 7.92 Å². The third kappa shape index (κ3) is 32.5. The summed E-state index contributed by atoms with van der Waals surface area (Å²) in [5, 5.41) is 0. The molecule has 0 saturated carbocycles. The first-order chi connectivity index (χ1) is 18.3. The van der Waals surface area contributed by atoms with Gasteiger partial charge in [0.2, 0.25) is 0 Å². The number of hydrogen-bond donors (Lipinski definition) is 0. The van der Waals surface area contributed by atoms with E-state index in [0.717, 1.165) is 0 Å². The van der Waals surface area contributed by atoms with Gasteiger partial charge >= 0.3 is 0 Å². The van der Waals surface area contributed by atoms with E-state index < -0.39 is 0 Å². The van der Waals surface area contributed by atoms with Gasteiger partial charge in [-0.3, -0.25) is 0 Å². The monoisotopic (exact) mass is 539 g/mol. The molecule has 0 N–H and O–H groups in total. The van der Waals surface area contributed by atoms with Gasteiger partial charge in [-0.1, -0.05) is 194 Å². The van der Waals surface area contributed by atoms with Crippen molar-refractivity contribution in [3.63, 3.8) is 0 Å². The van der Waals surface area contributed by atoms with Crippen LogP contribution in [0.3, 0.4) is 0 Å². The van der Waals surface area contributed by atoms with E-state index in [2.05, 4.69) is 20.8 Å². The summed E-state index contributed by atoms with van der Waals surface area (Å²) in [6, 6.07) is 0. The van der Waals surface area contributed by atoms with Gasteiger partial charge in [0, 0.05) is 0 Å². The minimum atomic E-state index is 0.336. The molecule has 0 aliphatic heterocycles. The summed E-state index contributed by atoms with van der Waals surface area (Å²) in [6.45, 7) is 6.96. The van der Waals surface area contributed by atoms with Gasteiger partial charge in [-0.25, -0.2) is 0 Å². The first-order valence-corrected chi connectivity index (χ1v) is 20.0. The molecule has 0 nitrogen and oxygen atoms in total. The van der Waals surface area contributed by atoms with Gasteiger partial charge in [-0.2, -0.15) is 0 Å². The molecule has 37 heavy (non-hydrogen) atoms. The van der Waals surface area contributed by atoms with Crippen molar-refractivity contribution in [1.82, 2.24) is 0 Å². The predicted octanol–water partition coefficient (Wildman–Crippen LogP) is 14.2. The van der Waals surface area contributed by atoms with Crippen LogP contribution >= 0.6 is 7.92 Å². The van der Waals surface area contributed by atoms with Crippen molar-refractivity contribution in [3.8, 4) is 0 Å². The van der Waals surface area contributed by atoms with Crippen LogP contribution < -0.4 is 0 Å². The van der Waals surface area contributed by atoms with Crippen LogP contribution in [0.1, 0.15) is 213 Å². The van der Waals surface area contributed by atoms with Gasteiger partial charge < -0.3 is 0 Å². The fourth-order valence-corrected chi connectivity index (χ4v) is 8.49. The van der Waals surface area contributed by atoms with Gasteiger partial charge in [-0.05, 0) is 37.7 Å². The van der Waals surface area contributed by atoms with Gasteiger partial charge in [0.25, 0.3) is 0 Å². The van der Waals surface area contributed by atoms with Crippen LogP contribution in [-0.4, -0.2) is 18.5 Å². The third-order valence-electron chi connectivity index (χ3n) is 8.48. The second kappa shape index (κ2) is 34.5. The predicted molar refractivity (Wildman–Crippen MR) is 177 cm³/mol. The largest absolute Gasteiger partial charge is 0.107 e. The number of hydrogen-bond acceptors (Lipinski definition) is 0. The van der Waals surface area contributed by atoms with E-state index in [1.54, 1.807) is 18.5 Å². The van der Waals surface area contributed by atoms with Gasteiger partial charge in [0.05, 0.1) is 0 Å². The zero-order valence-electron chi connectivity index (χ0n) is 26.8. The Morgan fingerprint density at radius 1 is 0.216 bits per heavy atom. The lowest BCUT2D eigenvalue weighted by atomic mass is 10.1. The Balaban J connectivity index is 3.87. The van der Waals surface area contributed by atoms with E-state index in [1.165, 1.54) is 193 Å². The molecule has 0 aliphatic rings. The molecule has 0 fully saturated rings. The van der Waals surface area contributed by atoms with Crippen LogP contribution in [0.4, 0.5) is 0 Å². The van der Waals surface area contributed by atoms with Crippen LogP contribution in [-0.2, 0) is 0 Å². The molecule has 0 aromatic rings. The highest BCUT2D eigenvalue weighted by molar-refractivity contribution is 7.57. The lowest BCUT2D eigenvalue weighted by Crippen LogP contribution is -1.97. The molecular formula is C36H75P. The summed E-state index contributed by atoms with van der Waals surface area (Å²) in [5.41, 5.74) is 0. The van der Waals surface area contributed by atoms with Crippen LogP contribution in [0.25, 0.3) is 0 Å². The Morgan fingerprint density at radius 3 is 0.568 bits per heavy atom. The highest BCUT2D eigenvalue weighted by Crippen LogP contribution is 2.39. The standard InChI is InChI=1S/C36H75P/c1-4-7-10-13-16-19-22-25-28-31-34-37(35-32-29-26-23-20-17-14-11-8-5-2)36-33-30-27-24-21-18-15-12-9-6-3/h4-36H2,1-3H3. The van der Waals surface area contributed by atoms with Crippen molar-refractivity contribution in [2.45, 2.75) is 213 Å². The summed E-state index contributed by atoms with van der Waals surface area (Å²) in [6.07, 6.45) is 49.3. The van der Waals surface area contributed by atoms with Crippen molar-refractivity contribution in [3.05, 3.63) is 0 Å². The Hall–Kier alpha value is 0.430. The van der Waals surface area contributed by atoms with Crippen molar-refractivity contribution in [2.24, 2.45) is 0 Å². The SMILES string of the molecule is CCCCCCCCCCCCP(CCCCCCCCCCCC)CCCCCCCCCCCC. The number of unbranched alkanes of at least 4 members (excludes halogenated alkanes) is 27. The molecule has 0 bridgehead atoms. The maximum absolute atomic E-state index is 2.32. The molecule has 0 spiro atoms. The van der Waals surface area contributed by atoms with Crippen molar-refractivity contribution < 1.29 is 0 Å². The molecule has 0 saturated heterocycles. The minimum Gasteiger partial charge on any atom is -0.107 e. The van der Waals surface area contributed by atoms with E-state index in [4.69, 9.17) is 0 Å². The number of rotatable bonds is 33. The second-order valence-corrected chi connectivity index (χ2v) is 15.1. The second-order valence-electron chi connectivity index (χ2n) is 12.4. The summed E-state index contributed by atoms with van der Waals surface area (Å²) < 4.78 is 0. The van der Waals surface area contributed by atoms with Crippen molar-refractivity contribution >= 4 is 7.92 Å². The topological polar surface area (TPSA) is 0 Å². The van der Waals surface area contributed by atoms with Crippen LogP contribution in [0, 0.1) is 0 Å². The first kappa shape index (κ1) is 37.4. The van der Waals surface area contributed by atoms with Crippen LogP contribution in [0.5, 0.6) is 0 Å². The van der Waals surface area contributed by atoms with Crippen molar-refractivity contribution in [2.75, 3.05) is 18.5 Å². The van der Waals surface area contributed by atoms with Crippen LogP contribution in [0.2, 0.25) is 0 Å². The summed E-state index contributed by atoms with van der Waals surface area (Å²) in [4.78, 5) is 0. The minimum absolute atomic E-state index is 0.336. The Bertz CT molecular complexity index is 322. The zero-order valence-corrected chi connectivity index (χ0v) is 27.7. The molecule has 0 radical (unpaired) electrons. The molecule has 0 aromatic carbocycles. The van der Waals surface area contributed by atoms with E-state index in [1.807, 2.05) is 0 Å². The maximum Gasteiger partial charge on any atom is -0.0326 e. The molecule has 0 unspecified atom stereocenters. The molecule has 1 heteroatoms. The fraction of sp³-hybridized carbons (Fsp3) is 1.00. The molecule has 0 rings (SSSR count). The highest BCUT2D eigenvalue weighted by Gasteiger charge is 2.08. The average Bonchev–Trinajstić information content (AvgIpc) is 2.91. The zero-order chi connectivity index (χ0) is 26.9. The molecular weight excluding hydrogens is 463 g/mol. The molecule has 0 atom stereocenters. The Morgan fingerprint density at radius 2 is 0.378 bits per heavy atom. The van der Waals surface area contributed by atoms with Crippen LogP contribution in [0.15, 0.2) is 0 Å². The van der Waals surface area contributed by atoms with Gasteiger partial charge in [-0.15, -0.1) is 7.92 Å². The lowest BCUT2D eigenvalue weighted by Gasteiger charge is -2.18.